The lowest BCUT2D eigenvalue weighted by molar-refractivity contribution is 0.580. The number of hydrogen-bond acceptors (Lipinski definition) is 2. The number of benzene rings is 1. The molecule has 0 aliphatic heterocycles. The van der Waals surface area contributed by atoms with Gasteiger partial charge in [0.15, 0.2) is 0 Å². The highest BCUT2D eigenvalue weighted by Gasteiger charge is 2.31. The summed E-state index contributed by atoms with van der Waals surface area (Å²) in [7, 11) is 0. The Balaban J connectivity index is 2.26. The van der Waals surface area contributed by atoms with E-state index in [1.54, 1.807) is 0 Å². The van der Waals surface area contributed by atoms with Crippen molar-refractivity contribution in [1.82, 2.24) is 5.32 Å². The molecular weight excluding hydrogens is 268 g/mol. The molecule has 1 N–H and O–H groups in total. The normalized spacial score (nSPS) is 15.2. The zero-order chi connectivity index (χ0) is 14.7. The van der Waals surface area contributed by atoms with Crippen LogP contribution in [0.2, 0.25) is 5.02 Å². The standard InChI is InChI=1S/C17H27ClN2/c1-12(2)11-20(15-8-9-15)17-14(10-19-13(3)4)6-5-7-16(17)18/h5-7,12-13,15,19H,8-11H2,1-4H3. The molecule has 1 aromatic rings. The fourth-order valence-corrected chi connectivity index (χ4v) is 2.84. The number of anilines is 1. The van der Waals surface area contributed by atoms with Crippen LogP contribution in [0.4, 0.5) is 5.69 Å². The van der Waals surface area contributed by atoms with E-state index in [-0.39, 0.29) is 0 Å². The van der Waals surface area contributed by atoms with Gasteiger partial charge in [-0.2, -0.15) is 0 Å². The number of halogens is 1. The van der Waals surface area contributed by atoms with Crippen LogP contribution in [0.5, 0.6) is 0 Å². The molecule has 112 valence electrons. The fourth-order valence-electron chi connectivity index (χ4n) is 2.54. The molecule has 0 atom stereocenters. The molecule has 0 amide bonds. The molecule has 1 aliphatic carbocycles. The maximum atomic E-state index is 6.53. The summed E-state index contributed by atoms with van der Waals surface area (Å²) >= 11 is 6.53. The van der Waals surface area contributed by atoms with E-state index in [1.807, 2.05) is 6.07 Å². The van der Waals surface area contributed by atoms with E-state index in [0.717, 1.165) is 18.1 Å². The molecule has 1 aliphatic rings. The van der Waals surface area contributed by atoms with Crippen molar-refractivity contribution in [1.29, 1.82) is 0 Å². The van der Waals surface area contributed by atoms with Gasteiger partial charge in [-0.05, 0) is 30.4 Å². The van der Waals surface area contributed by atoms with E-state index in [9.17, 15) is 0 Å². The van der Waals surface area contributed by atoms with Crippen molar-refractivity contribution in [3.8, 4) is 0 Å². The summed E-state index contributed by atoms with van der Waals surface area (Å²) in [5, 5.41) is 4.40. The highest BCUT2D eigenvalue weighted by atomic mass is 35.5. The zero-order valence-corrected chi connectivity index (χ0v) is 13.9. The lowest BCUT2D eigenvalue weighted by Gasteiger charge is -2.30. The predicted molar refractivity (Wildman–Crippen MR) is 88.6 cm³/mol. The molecule has 0 unspecified atom stereocenters. The van der Waals surface area contributed by atoms with E-state index in [2.05, 4.69) is 50.0 Å². The van der Waals surface area contributed by atoms with Gasteiger partial charge in [-0.15, -0.1) is 0 Å². The Kier molecular flexibility index (Phi) is 5.34. The van der Waals surface area contributed by atoms with Gasteiger partial charge in [0.1, 0.15) is 0 Å². The second-order valence-corrected chi connectivity index (χ2v) is 6.97. The molecule has 1 aromatic carbocycles. The van der Waals surface area contributed by atoms with Crippen molar-refractivity contribution in [3.05, 3.63) is 28.8 Å². The molecule has 20 heavy (non-hydrogen) atoms. The molecule has 0 heterocycles. The molecule has 2 nitrogen and oxygen atoms in total. The SMILES string of the molecule is CC(C)CN(c1c(Cl)cccc1CNC(C)C)C1CC1. The molecule has 3 heteroatoms. The molecule has 0 saturated heterocycles. The van der Waals surface area contributed by atoms with Gasteiger partial charge in [-0.3, -0.25) is 0 Å². The van der Waals surface area contributed by atoms with Crippen LogP contribution in [0.3, 0.4) is 0 Å². The summed E-state index contributed by atoms with van der Waals surface area (Å²) in [6.07, 6.45) is 2.60. The molecular formula is C17H27ClN2. The minimum Gasteiger partial charge on any atom is -0.367 e. The van der Waals surface area contributed by atoms with Gasteiger partial charge in [-0.1, -0.05) is 51.4 Å². The first-order valence-corrected chi connectivity index (χ1v) is 8.14. The largest absolute Gasteiger partial charge is 0.367 e. The van der Waals surface area contributed by atoms with E-state index >= 15 is 0 Å². The van der Waals surface area contributed by atoms with Gasteiger partial charge in [0.25, 0.3) is 0 Å². The minimum atomic E-state index is 0.487. The highest BCUT2D eigenvalue weighted by Crippen LogP contribution is 2.38. The molecule has 0 bridgehead atoms. The van der Waals surface area contributed by atoms with Crippen LogP contribution in [0, 0.1) is 5.92 Å². The molecule has 0 aromatic heterocycles. The highest BCUT2D eigenvalue weighted by molar-refractivity contribution is 6.33. The Bertz CT molecular complexity index is 439. The second kappa shape index (κ2) is 6.82. The predicted octanol–water partition coefficient (Wildman–Crippen LogP) is 4.46. The summed E-state index contributed by atoms with van der Waals surface area (Å²) in [5.74, 6) is 0.651. The Labute approximate surface area is 128 Å². The lowest BCUT2D eigenvalue weighted by Crippen LogP contribution is -2.32. The van der Waals surface area contributed by atoms with Crippen molar-refractivity contribution in [3.63, 3.8) is 0 Å². The molecule has 0 radical (unpaired) electrons. The van der Waals surface area contributed by atoms with E-state index in [0.29, 0.717) is 18.0 Å². The minimum absolute atomic E-state index is 0.487. The van der Waals surface area contributed by atoms with Crippen molar-refractivity contribution in [2.75, 3.05) is 11.4 Å². The molecule has 2 rings (SSSR count). The van der Waals surface area contributed by atoms with Crippen molar-refractivity contribution < 1.29 is 0 Å². The van der Waals surface area contributed by atoms with Crippen LogP contribution in [0.25, 0.3) is 0 Å². The number of hydrogen-bond donors (Lipinski definition) is 1. The van der Waals surface area contributed by atoms with Crippen LogP contribution >= 0.6 is 11.6 Å². The van der Waals surface area contributed by atoms with Crippen LogP contribution in [-0.4, -0.2) is 18.6 Å². The van der Waals surface area contributed by atoms with Crippen LogP contribution in [-0.2, 0) is 6.54 Å². The summed E-state index contributed by atoms with van der Waals surface area (Å²) in [6.45, 7) is 10.9. The maximum Gasteiger partial charge on any atom is 0.0643 e. The van der Waals surface area contributed by atoms with Crippen LogP contribution in [0.1, 0.15) is 46.1 Å². The van der Waals surface area contributed by atoms with Crippen molar-refractivity contribution >= 4 is 17.3 Å². The quantitative estimate of drug-likeness (QED) is 0.798. The number of para-hydroxylation sites is 1. The third kappa shape index (κ3) is 4.13. The van der Waals surface area contributed by atoms with Gasteiger partial charge < -0.3 is 10.2 Å². The van der Waals surface area contributed by atoms with Gasteiger partial charge >= 0.3 is 0 Å². The summed E-state index contributed by atoms with van der Waals surface area (Å²) < 4.78 is 0. The zero-order valence-electron chi connectivity index (χ0n) is 13.1. The summed E-state index contributed by atoms with van der Waals surface area (Å²) in [4.78, 5) is 2.53. The third-order valence-corrected chi connectivity index (χ3v) is 3.91. The summed E-state index contributed by atoms with van der Waals surface area (Å²) in [6, 6.07) is 7.46. The molecule has 1 fully saturated rings. The smallest absolute Gasteiger partial charge is 0.0643 e. The Morgan fingerprint density at radius 2 is 1.95 bits per heavy atom. The maximum absolute atomic E-state index is 6.53. The van der Waals surface area contributed by atoms with Crippen LogP contribution < -0.4 is 10.2 Å². The first kappa shape index (κ1) is 15.7. The lowest BCUT2D eigenvalue weighted by atomic mass is 10.1. The topological polar surface area (TPSA) is 15.3 Å². The third-order valence-electron chi connectivity index (χ3n) is 3.61. The Hall–Kier alpha value is -0.730. The average molecular weight is 295 g/mol. The van der Waals surface area contributed by atoms with Gasteiger partial charge in [0.05, 0.1) is 10.7 Å². The molecule has 1 saturated carbocycles. The Morgan fingerprint density at radius 3 is 2.50 bits per heavy atom. The fraction of sp³-hybridized carbons (Fsp3) is 0.647. The number of rotatable bonds is 7. The van der Waals surface area contributed by atoms with Crippen molar-refractivity contribution in [2.45, 2.75) is 59.2 Å². The second-order valence-electron chi connectivity index (χ2n) is 6.56. The first-order valence-electron chi connectivity index (χ1n) is 7.76. The van der Waals surface area contributed by atoms with E-state index in [1.165, 1.54) is 24.1 Å². The summed E-state index contributed by atoms with van der Waals surface area (Å²) in [5.41, 5.74) is 2.57. The first-order chi connectivity index (χ1) is 9.49. The van der Waals surface area contributed by atoms with Crippen molar-refractivity contribution in [2.24, 2.45) is 5.92 Å². The number of nitrogens with zero attached hydrogens (tertiary/aromatic N) is 1. The van der Waals surface area contributed by atoms with Crippen LogP contribution in [0.15, 0.2) is 18.2 Å². The Morgan fingerprint density at radius 1 is 1.25 bits per heavy atom. The van der Waals surface area contributed by atoms with E-state index < -0.39 is 0 Å². The van der Waals surface area contributed by atoms with E-state index in [4.69, 9.17) is 11.6 Å². The van der Waals surface area contributed by atoms with Gasteiger partial charge in [0, 0.05) is 25.2 Å². The number of nitrogens with one attached hydrogen (secondary N) is 1. The van der Waals surface area contributed by atoms with Gasteiger partial charge in [0.2, 0.25) is 0 Å². The molecule has 0 spiro atoms. The average Bonchev–Trinajstić information content (AvgIpc) is 3.18. The monoisotopic (exact) mass is 294 g/mol. The van der Waals surface area contributed by atoms with Gasteiger partial charge in [-0.25, -0.2) is 0 Å².